The highest BCUT2D eigenvalue weighted by Gasteiger charge is 2.30. The van der Waals surface area contributed by atoms with Gasteiger partial charge >= 0.3 is 6.03 Å². The second-order valence-corrected chi connectivity index (χ2v) is 5.36. The molecule has 0 spiro atoms. The first kappa shape index (κ1) is 14.1. The molecule has 0 fully saturated rings. The Labute approximate surface area is 127 Å². The average molecular weight is 299 g/mol. The Hall–Kier alpha value is -2.82. The number of fused-ring (bicyclic) bond motifs is 3. The van der Waals surface area contributed by atoms with Crippen molar-refractivity contribution in [3.05, 3.63) is 17.3 Å². The van der Waals surface area contributed by atoms with Gasteiger partial charge in [0.15, 0.2) is 5.65 Å². The van der Waals surface area contributed by atoms with Crippen molar-refractivity contribution >= 4 is 23.3 Å². The summed E-state index contributed by atoms with van der Waals surface area (Å²) in [4.78, 5) is 17.8. The van der Waals surface area contributed by atoms with Crippen molar-refractivity contribution in [1.82, 2.24) is 14.6 Å². The van der Waals surface area contributed by atoms with Gasteiger partial charge in [-0.2, -0.15) is 14.9 Å². The summed E-state index contributed by atoms with van der Waals surface area (Å²) < 4.78 is 1.68. The van der Waals surface area contributed by atoms with Crippen LogP contribution in [0.1, 0.15) is 31.4 Å². The number of urea groups is 1. The topological polar surface area (TPSA) is 112 Å². The summed E-state index contributed by atoms with van der Waals surface area (Å²) in [6.07, 6.45) is 3.22. The molecule has 3 rings (SSSR count). The van der Waals surface area contributed by atoms with Gasteiger partial charge in [0.2, 0.25) is 0 Å². The molecule has 0 saturated carbocycles. The van der Waals surface area contributed by atoms with Crippen LogP contribution >= 0.6 is 0 Å². The van der Waals surface area contributed by atoms with Crippen LogP contribution in [0.15, 0.2) is 6.20 Å². The number of nitrogens with zero attached hydrogens (tertiary/aromatic N) is 5. The molecule has 3 N–H and O–H groups in total. The van der Waals surface area contributed by atoms with Gasteiger partial charge in [0.05, 0.1) is 6.20 Å². The molecule has 22 heavy (non-hydrogen) atoms. The Kier molecular flexibility index (Phi) is 3.33. The molecule has 3 heterocycles. The highest BCUT2D eigenvalue weighted by atomic mass is 16.2. The molecule has 0 aliphatic carbocycles. The van der Waals surface area contributed by atoms with E-state index < -0.39 is 6.03 Å². The summed E-state index contributed by atoms with van der Waals surface area (Å²) in [5.41, 5.74) is 6.94. The quantitative estimate of drug-likeness (QED) is 0.885. The van der Waals surface area contributed by atoms with Crippen LogP contribution in [0.3, 0.4) is 0 Å². The van der Waals surface area contributed by atoms with Crippen molar-refractivity contribution in [3.63, 3.8) is 0 Å². The van der Waals surface area contributed by atoms with Crippen LogP contribution in [0, 0.1) is 11.3 Å². The number of hydrogen-bond donors (Lipinski definition) is 2. The van der Waals surface area contributed by atoms with Gasteiger partial charge < -0.3 is 10.6 Å². The summed E-state index contributed by atoms with van der Waals surface area (Å²) in [6.45, 7) is 5.07. The number of carbonyl (C=O) groups excluding carboxylic acids is 1. The minimum Gasteiger partial charge on any atom is -0.353 e. The lowest BCUT2D eigenvalue weighted by Gasteiger charge is -2.26. The number of primary amides is 1. The number of amides is 2. The Morgan fingerprint density at radius 2 is 2.41 bits per heavy atom. The van der Waals surface area contributed by atoms with Crippen LogP contribution in [-0.4, -0.2) is 33.2 Å². The van der Waals surface area contributed by atoms with Crippen molar-refractivity contribution in [3.8, 4) is 6.07 Å². The lowest BCUT2D eigenvalue weighted by molar-refractivity contribution is 0.259. The molecule has 8 nitrogen and oxygen atoms in total. The van der Waals surface area contributed by atoms with Crippen LogP contribution in [0.5, 0.6) is 0 Å². The second kappa shape index (κ2) is 5.18. The number of aromatic nitrogens is 3. The van der Waals surface area contributed by atoms with E-state index in [2.05, 4.69) is 40.2 Å². The molecule has 2 amide bonds. The van der Waals surface area contributed by atoms with Crippen LogP contribution in [0.25, 0.3) is 5.65 Å². The van der Waals surface area contributed by atoms with E-state index in [1.54, 1.807) is 4.52 Å². The zero-order chi connectivity index (χ0) is 15.9. The zero-order valence-electron chi connectivity index (χ0n) is 12.5. The van der Waals surface area contributed by atoms with E-state index in [4.69, 9.17) is 5.73 Å². The lowest BCUT2D eigenvalue weighted by Crippen LogP contribution is -2.32. The molecular formula is C14H17N7O. The van der Waals surface area contributed by atoms with Crippen molar-refractivity contribution in [2.24, 2.45) is 5.73 Å². The second-order valence-electron chi connectivity index (χ2n) is 5.36. The maximum Gasteiger partial charge on any atom is 0.317 e. The van der Waals surface area contributed by atoms with Crippen molar-refractivity contribution in [2.75, 3.05) is 16.8 Å². The molecule has 1 atom stereocenters. The molecule has 114 valence electrons. The largest absolute Gasteiger partial charge is 0.353 e. The van der Waals surface area contributed by atoms with E-state index >= 15 is 0 Å². The third-order valence-electron chi connectivity index (χ3n) is 4.08. The smallest absolute Gasteiger partial charge is 0.317 e. The number of hydrogen-bond acceptors (Lipinski definition) is 5. The molecular weight excluding hydrogens is 282 g/mol. The van der Waals surface area contributed by atoms with E-state index in [9.17, 15) is 10.1 Å². The predicted octanol–water partition coefficient (Wildman–Crippen LogP) is 1.25. The number of anilines is 2. The van der Waals surface area contributed by atoms with Gasteiger partial charge in [-0.05, 0) is 19.8 Å². The highest BCUT2D eigenvalue weighted by Crippen LogP contribution is 2.35. The van der Waals surface area contributed by atoms with Gasteiger partial charge in [-0.3, -0.25) is 5.32 Å². The van der Waals surface area contributed by atoms with Gasteiger partial charge in [-0.1, -0.05) is 6.92 Å². The Bertz CT molecular complexity index is 789. The van der Waals surface area contributed by atoms with Crippen molar-refractivity contribution in [1.29, 1.82) is 5.26 Å². The normalized spacial score (nSPS) is 14.7. The predicted molar refractivity (Wildman–Crippen MR) is 81.7 cm³/mol. The van der Waals surface area contributed by atoms with Gasteiger partial charge in [-0.25, -0.2) is 9.78 Å². The standard InChI is InChI=1S/C14H17N7O/c1-3-8(2)20-5-4-10-11(19-14(16)22)18-12-9(6-15)7-17-21(12)13(10)20/h7-8H,3-5H2,1-2H3,(H3,16,18,19,22). The third-order valence-corrected chi connectivity index (χ3v) is 4.08. The van der Waals surface area contributed by atoms with Gasteiger partial charge in [0.1, 0.15) is 23.3 Å². The minimum absolute atomic E-state index is 0.322. The van der Waals surface area contributed by atoms with Crippen LogP contribution < -0.4 is 16.0 Å². The Balaban J connectivity index is 2.27. The van der Waals surface area contributed by atoms with Gasteiger partial charge in [0, 0.05) is 18.2 Å². The summed E-state index contributed by atoms with van der Waals surface area (Å²) >= 11 is 0. The fourth-order valence-electron chi connectivity index (χ4n) is 2.82. The summed E-state index contributed by atoms with van der Waals surface area (Å²) in [6, 6.07) is 1.73. The first-order chi connectivity index (χ1) is 10.6. The summed E-state index contributed by atoms with van der Waals surface area (Å²) in [5, 5.41) is 16.1. The number of nitriles is 1. The molecule has 1 unspecified atom stereocenters. The number of nitrogens with one attached hydrogen (secondary N) is 1. The molecule has 0 bridgehead atoms. The molecule has 1 aliphatic heterocycles. The number of carbonyl (C=O) groups is 1. The maximum absolute atomic E-state index is 11.2. The molecule has 2 aromatic rings. The first-order valence-electron chi connectivity index (χ1n) is 7.20. The number of nitrogens with two attached hydrogens (primary N) is 1. The Morgan fingerprint density at radius 3 is 3.05 bits per heavy atom. The van der Waals surface area contributed by atoms with Crippen LogP contribution in [-0.2, 0) is 6.42 Å². The first-order valence-corrected chi connectivity index (χ1v) is 7.20. The Morgan fingerprint density at radius 1 is 1.64 bits per heavy atom. The minimum atomic E-state index is -0.668. The van der Waals surface area contributed by atoms with Gasteiger partial charge in [0.25, 0.3) is 0 Å². The van der Waals surface area contributed by atoms with Crippen LogP contribution in [0.4, 0.5) is 16.4 Å². The fourth-order valence-corrected chi connectivity index (χ4v) is 2.82. The van der Waals surface area contributed by atoms with E-state index in [1.165, 1.54) is 6.20 Å². The van der Waals surface area contributed by atoms with E-state index in [-0.39, 0.29) is 0 Å². The molecule has 8 heteroatoms. The highest BCUT2D eigenvalue weighted by molar-refractivity contribution is 5.89. The molecule has 0 saturated heterocycles. The average Bonchev–Trinajstić information content (AvgIpc) is 3.09. The van der Waals surface area contributed by atoms with Crippen LogP contribution in [0.2, 0.25) is 0 Å². The SMILES string of the molecule is CCC(C)N1CCc2c(NC(N)=O)nc3c(C#N)cnn3c21. The third kappa shape index (κ3) is 2.02. The van der Waals surface area contributed by atoms with E-state index in [0.717, 1.165) is 30.8 Å². The lowest BCUT2D eigenvalue weighted by atomic mass is 10.2. The molecule has 0 aromatic carbocycles. The fraction of sp³-hybridized carbons (Fsp3) is 0.429. The van der Waals surface area contributed by atoms with E-state index in [0.29, 0.717) is 23.1 Å². The van der Waals surface area contributed by atoms with Crippen molar-refractivity contribution < 1.29 is 4.79 Å². The molecule has 2 aromatic heterocycles. The van der Waals surface area contributed by atoms with E-state index in [1.807, 2.05) is 0 Å². The molecule has 1 aliphatic rings. The monoisotopic (exact) mass is 299 g/mol. The molecule has 0 radical (unpaired) electrons. The summed E-state index contributed by atoms with van der Waals surface area (Å²) in [7, 11) is 0. The van der Waals surface area contributed by atoms with Crippen molar-refractivity contribution in [2.45, 2.75) is 32.7 Å². The zero-order valence-corrected chi connectivity index (χ0v) is 12.5. The van der Waals surface area contributed by atoms with Gasteiger partial charge in [-0.15, -0.1) is 0 Å². The summed E-state index contributed by atoms with van der Waals surface area (Å²) in [5.74, 6) is 1.29. The maximum atomic E-state index is 11.2. The number of rotatable bonds is 3.